The molecule has 1 aliphatic carbocycles. The van der Waals surface area contributed by atoms with E-state index in [1.54, 1.807) is 30.1 Å². The van der Waals surface area contributed by atoms with Crippen molar-refractivity contribution in [3.63, 3.8) is 0 Å². The lowest BCUT2D eigenvalue weighted by Crippen LogP contribution is -2.61. The van der Waals surface area contributed by atoms with Crippen molar-refractivity contribution in [1.82, 2.24) is 24.9 Å². The normalized spacial score (nSPS) is 15.2. The molecule has 1 saturated carbocycles. The van der Waals surface area contributed by atoms with Crippen LogP contribution in [0.2, 0.25) is 0 Å². The molecular formula is C19H22N6O3. The fourth-order valence-electron chi connectivity index (χ4n) is 3.48. The zero-order valence-electron chi connectivity index (χ0n) is 15.8. The molecule has 3 aromatic rings. The number of ether oxygens (including phenoxy) is 1. The van der Waals surface area contributed by atoms with E-state index in [1.165, 1.54) is 4.68 Å². The molecule has 1 fully saturated rings. The van der Waals surface area contributed by atoms with Crippen LogP contribution < -0.4 is 15.8 Å². The predicted molar refractivity (Wildman–Crippen MR) is 101 cm³/mol. The van der Waals surface area contributed by atoms with Gasteiger partial charge in [0.05, 0.1) is 11.2 Å². The molecule has 2 heterocycles. The van der Waals surface area contributed by atoms with Gasteiger partial charge in [-0.2, -0.15) is 10.2 Å². The largest absolute Gasteiger partial charge is 0.487 e. The Kier molecular flexibility index (Phi) is 4.29. The van der Waals surface area contributed by atoms with Gasteiger partial charge in [0, 0.05) is 25.7 Å². The van der Waals surface area contributed by atoms with Crippen LogP contribution in [0.5, 0.6) is 5.75 Å². The standard InChI is InChI=1S/C19H22N6O3/c1-24-12(6-9-21-24)11-28-13-4-5-15-14(10-13)16(25(2)23-15)17(26)22-19(18(20)27)7-3-8-19/h4-6,9-10H,3,7-8,11H2,1-2H3,(H2,20,27)(H,22,26). The van der Waals surface area contributed by atoms with Gasteiger partial charge in [-0.1, -0.05) is 0 Å². The van der Waals surface area contributed by atoms with Crippen molar-refractivity contribution in [2.75, 3.05) is 0 Å². The maximum atomic E-state index is 12.9. The molecule has 0 spiro atoms. The summed E-state index contributed by atoms with van der Waals surface area (Å²) in [4.78, 5) is 24.7. The molecule has 1 aliphatic rings. The zero-order valence-corrected chi connectivity index (χ0v) is 15.8. The molecule has 0 aliphatic heterocycles. The highest BCUT2D eigenvalue weighted by Gasteiger charge is 2.44. The van der Waals surface area contributed by atoms with Crippen LogP contribution in [-0.4, -0.2) is 36.9 Å². The van der Waals surface area contributed by atoms with E-state index < -0.39 is 11.4 Å². The Bertz CT molecular complexity index is 1060. The van der Waals surface area contributed by atoms with Crippen LogP contribution in [0.3, 0.4) is 0 Å². The number of nitrogens with one attached hydrogen (secondary N) is 1. The molecule has 0 unspecified atom stereocenters. The lowest BCUT2D eigenvalue weighted by atomic mass is 9.76. The van der Waals surface area contributed by atoms with Crippen molar-refractivity contribution < 1.29 is 14.3 Å². The highest BCUT2D eigenvalue weighted by Crippen LogP contribution is 2.32. The van der Waals surface area contributed by atoms with Gasteiger partial charge in [0.2, 0.25) is 5.91 Å². The van der Waals surface area contributed by atoms with Crippen LogP contribution in [-0.2, 0) is 25.5 Å². The first-order valence-electron chi connectivity index (χ1n) is 9.08. The summed E-state index contributed by atoms with van der Waals surface area (Å²) < 4.78 is 9.10. The second kappa shape index (κ2) is 6.66. The van der Waals surface area contributed by atoms with Gasteiger partial charge >= 0.3 is 0 Å². The first-order chi connectivity index (χ1) is 13.4. The molecule has 9 nitrogen and oxygen atoms in total. The second-order valence-corrected chi connectivity index (χ2v) is 7.14. The van der Waals surface area contributed by atoms with Crippen LogP contribution in [0.25, 0.3) is 10.9 Å². The van der Waals surface area contributed by atoms with Gasteiger partial charge in [0.1, 0.15) is 23.6 Å². The van der Waals surface area contributed by atoms with Crippen molar-refractivity contribution in [3.05, 3.63) is 41.9 Å². The average Bonchev–Trinajstić information content (AvgIpc) is 3.17. The van der Waals surface area contributed by atoms with Crippen LogP contribution >= 0.6 is 0 Å². The topological polar surface area (TPSA) is 117 Å². The van der Waals surface area contributed by atoms with Crippen molar-refractivity contribution in [3.8, 4) is 5.75 Å². The van der Waals surface area contributed by atoms with Crippen LogP contribution in [0.15, 0.2) is 30.5 Å². The number of amides is 2. The number of rotatable bonds is 6. The van der Waals surface area contributed by atoms with E-state index in [1.807, 2.05) is 19.2 Å². The first-order valence-corrected chi connectivity index (χ1v) is 9.08. The molecule has 0 saturated heterocycles. The summed E-state index contributed by atoms with van der Waals surface area (Å²) >= 11 is 0. The molecule has 0 radical (unpaired) electrons. The van der Waals surface area contributed by atoms with Crippen LogP contribution in [0.4, 0.5) is 0 Å². The smallest absolute Gasteiger partial charge is 0.271 e. The molecule has 3 N–H and O–H groups in total. The van der Waals surface area contributed by atoms with E-state index in [2.05, 4.69) is 15.5 Å². The van der Waals surface area contributed by atoms with Crippen molar-refractivity contribution in [2.24, 2.45) is 19.8 Å². The van der Waals surface area contributed by atoms with E-state index in [4.69, 9.17) is 10.5 Å². The summed E-state index contributed by atoms with van der Waals surface area (Å²) in [6, 6.07) is 7.27. The third-order valence-corrected chi connectivity index (χ3v) is 5.36. The van der Waals surface area contributed by atoms with E-state index in [-0.39, 0.29) is 5.91 Å². The van der Waals surface area contributed by atoms with Gasteiger partial charge in [-0.25, -0.2) is 0 Å². The van der Waals surface area contributed by atoms with Gasteiger partial charge in [-0.15, -0.1) is 0 Å². The Morgan fingerprint density at radius 1 is 1.25 bits per heavy atom. The van der Waals surface area contributed by atoms with Gasteiger partial charge in [-0.3, -0.25) is 19.0 Å². The fourth-order valence-corrected chi connectivity index (χ4v) is 3.48. The number of primary amides is 1. The summed E-state index contributed by atoms with van der Waals surface area (Å²) in [6.45, 7) is 0.356. The summed E-state index contributed by atoms with van der Waals surface area (Å²) in [6.07, 6.45) is 3.69. The molecule has 2 amide bonds. The number of nitrogens with two attached hydrogens (primary N) is 1. The number of carbonyl (C=O) groups excluding carboxylic acids is 2. The Labute approximate surface area is 161 Å². The predicted octanol–water partition coefficient (Wildman–Crippen LogP) is 1.02. The molecule has 4 rings (SSSR count). The Balaban J connectivity index is 1.61. The van der Waals surface area contributed by atoms with Crippen LogP contribution in [0.1, 0.15) is 35.4 Å². The number of aryl methyl sites for hydroxylation is 2. The lowest BCUT2D eigenvalue weighted by Gasteiger charge is -2.39. The van der Waals surface area contributed by atoms with Crippen molar-refractivity contribution in [2.45, 2.75) is 31.4 Å². The maximum Gasteiger partial charge on any atom is 0.271 e. The highest BCUT2D eigenvalue weighted by atomic mass is 16.5. The third kappa shape index (κ3) is 2.98. The fraction of sp³-hybridized carbons (Fsp3) is 0.368. The monoisotopic (exact) mass is 382 g/mol. The van der Waals surface area contributed by atoms with E-state index in [9.17, 15) is 9.59 Å². The average molecular weight is 382 g/mol. The molecule has 9 heteroatoms. The minimum absolute atomic E-state index is 0.356. The molecule has 1 aromatic carbocycles. The Morgan fingerprint density at radius 3 is 2.64 bits per heavy atom. The summed E-state index contributed by atoms with van der Waals surface area (Å²) in [5.41, 5.74) is 6.51. The number of nitrogens with zero attached hydrogens (tertiary/aromatic N) is 4. The number of carbonyl (C=O) groups is 2. The molecular weight excluding hydrogens is 360 g/mol. The number of hydrogen-bond donors (Lipinski definition) is 2. The quantitative estimate of drug-likeness (QED) is 0.660. The molecule has 28 heavy (non-hydrogen) atoms. The second-order valence-electron chi connectivity index (χ2n) is 7.14. The number of fused-ring (bicyclic) bond motifs is 1. The van der Waals surface area contributed by atoms with Gasteiger partial charge in [0.15, 0.2) is 0 Å². The minimum atomic E-state index is -0.957. The Hall–Kier alpha value is -3.36. The Morgan fingerprint density at radius 2 is 2.04 bits per heavy atom. The van der Waals surface area contributed by atoms with Crippen molar-refractivity contribution in [1.29, 1.82) is 0 Å². The third-order valence-electron chi connectivity index (χ3n) is 5.36. The number of aromatic nitrogens is 4. The van der Waals surface area contributed by atoms with Gasteiger partial charge < -0.3 is 15.8 Å². The SMILES string of the molecule is Cn1nccc1COc1ccc2nn(C)c(C(=O)NC3(C(N)=O)CCC3)c2c1. The van der Waals surface area contributed by atoms with Crippen LogP contribution in [0, 0.1) is 0 Å². The number of benzene rings is 1. The van der Waals surface area contributed by atoms with Gasteiger partial charge in [-0.05, 0) is 43.5 Å². The van der Waals surface area contributed by atoms with E-state index in [0.717, 1.165) is 12.1 Å². The zero-order chi connectivity index (χ0) is 19.9. The maximum absolute atomic E-state index is 12.9. The minimum Gasteiger partial charge on any atom is -0.487 e. The summed E-state index contributed by atoms with van der Waals surface area (Å²) in [5.74, 6) is -0.255. The first kappa shape index (κ1) is 18.0. The van der Waals surface area contributed by atoms with Crippen molar-refractivity contribution >= 4 is 22.7 Å². The summed E-state index contributed by atoms with van der Waals surface area (Å²) in [7, 11) is 3.54. The molecule has 2 aromatic heterocycles. The van der Waals surface area contributed by atoms with E-state index >= 15 is 0 Å². The molecule has 0 bridgehead atoms. The molecule has 146 valence electrons. The molecule has 0 atom stereocenters. The highest BCUT2D eigenvalue weighted by molar-refractivity contribution is 6.07. The lowest BCUT2D eigenvalue weighted by molar-refractivity contribution is -0.127. The van der Waals surface area contributed by atoms with Gasteiger partial charge in [0.25, 0.3) is 5.91 Å². The van der Waals surface area contributed by atoms with E-state index in [0.29, 0.717) is 41.8 Å². The summed E-state index contributed by atoms with van der Waals surface area (Å²) in [5, 5.41) is 12.0. The number of hydrogen-bond acceptors (Lipinski definition) is 5.